The number of rotatable bonds is 13. The van der Waals surface area contributed by atoms with Crippen molar-refractivity contribution in [3.05, 3.63) is 58.7 Å². The highest BCUT2D eigenvalue weighted by atomic mass is 32.2. The van der Waals surface area contributed by atoms with Gasteiger partial charge in [0, 0.05) is 32.1 Å². The number of nitrogens with zero attached hydrogens (tertiary/aromatic N) is 3. The topological polar surface area (TPSA) is 129 Å². The SMILES string of the molecule is COc1cc(C)c(S(=O)(=O)N(C)CCCCC(=O)CNCc2ccc(C3=NCCN3C(=O)O)cc2)c(C)c1. The first-order chi connectivity index (χ1) is 18.0. The zero-order chi connectivity index (χ0) is 27.9. The van der Waals surface area contributed by atoms with Gasteiger partial charge in [0.2, 0.25) is 10.0 Å². The zero-order valence-corrected chi connectivity index (χ0v) is 23.2. The van der Waals surface area contributed by atoms with Crippen LogP contribution < -0.4 is 10.1 Å². The lowest BCUT2D eigenvalue weighted by Gasteiger charge is -2.20. The molecule has 3 rings (SSSR count). The standard InChI is InChI=1S/C27H36N4O6S/c1-19-15-24(37-4)16-20(2)25(19)38(35,36)30(3)13-6-5-7-23(32)18-28-17-21-8-10-22(11-9-21)26-29-12-14-31(26)27(33)34/h8-11,15-16,28H,5-7,12-14,17-18H2,1-4H3,(H,33,34). The summed E-state index contributed by atoms with van der Waals surface area (Å²) in [6.07, 6.45) is 0.526. The van der Waals surface area contributed by atoms with Crippen LogP contribution in [0.4, 0.5) is 4.79 Å². The highest BCUT2D eigenvalue weighted by Crippen LogP contribution is 2.28. The molecule has 10 nitrogen and oxygen atoms in total. The molecule has 1 aliphatic heterocycles. The molecular weight excluding hydrogens is 508 g/mol. The Hall–Kier alpha value is -3.28. The van der Waals surface area contributed by atoms with Gasteiger partial charge in [0.25, 0.3) is 0 Å². The average Bonchev–Trinajstić information content (AvgIpc) is 3.36. The summed E-state index contributed by atoms with van der Waals surface area (Å²) in [5.41, 5.74) is 2.99. The molecule has 38 heavy (non-hydrogen) atoms. The van der Waals surface area contributed by atoms with Gasteiger partial charge in [0.15, 0.2) is 0 Å². The van der Waals surface area contributed by atoms with E-state index in [-0.39, 0.29) is 12.3 Å². The van der Waals surface area contributed by atoms with E-state index in [1.54, 1.807) is 40.1 Å². The largest absolute Gasteiger partial charge is 0.497 e. The fraction of sp³-hybridized carbons (Fsp3) is 0.444. The number of amides is 1. The second kappa shape index (κ2) is 13.0. The summed E-state index contributed by atoms with van der Waals surface area (Å²) in [5.74, 6) is 1.14. The van der Waals surface area contributed by atoms with Crippen LogP contribution in [-0.4, -0.2) is 80.8 Å². The highest BCUT2D eigenvalue weighted by Gasteiger charge is 2.26. The monoisotopic (exact) mass is 544 g/mol. The summed E-state index contributed by atoms with van der Waals surface area (Å²) in [4.78, 5) is 29.4. The van der Waals surface area contributed by atoms with Crippen molar-refractivity contribution in [2.45, 2.75) is 44.6 Å². The third-order valence-electron chi connectivity index (χ3n) is 6.45. The minimum absolute atomic E-state index is 0.0615. The Morgan fingerprint density at radius 1 is 1.13 bits per heavy atom. The molecule has 0 atom stereocenters. The van der Waals surface area contributed by atoms with Crippen LogP contribution in [0.15, 0.2) is 46.3 Å². The molecule has 0 fully saturated rings. The molecule has 1 aliphatic rings. The maximum Gasteiger partial charge on any atom is 0.413 e. The lowest BCUT2D eigenvalue weighted by atomic mass is 10.1. The molecule has 0 aromatic heterocycles. The first-order valence-corrected chi connectivity index (χ1v) is 14.0. The summed E-state index contributed by atoms with van der Waals surface area (Å²) >= 11 is 0. The first-order valence-electron chi connectivity index (χ1n) is 12.5. The van der Waals surface area contributed by atoms with Crippen molar-refractivity contribution in [2.24, 2.45) is 4.99 Å². The van der Waals surface area contributed by atoms with Crippen LogP contribution in [0.25, 0.3) is 0 Å². The van der Waals surface area contributed by atoms with Crippen LogP contribution in [0.1, 0.15) is 41.5 Å². The Balaban J connectivity index is 1.39. The zero-order valence-electron chi connectivity index (χ0n) is 22.4. The number of aryl methyl sites for hydroxylation is 2. The molecule has 0 radical (unpaired) electrons. The molecular formula is C27H36N4O6S. The minimum Gasteiger partial charge on any atom is -0.497 e. The average molecular weight is 545 g/mol. The molecule has 2 aromatic rings. The molecule has 0 unspecified atom stereocenters. The molecule has 0 bridgehead atoms. The normalized spacial score (nSPS) is 13.6. The Morgan fingerprint density at radius 2 is 1.79 bits per heavy atom. The number of ether oxygens (including phenoxy) is 1. The van der Waals surface area contributed by atoms with E-state index in [2.05, 4.69) is 10.3 Å². The van der Waals surface area contributed by atoms with Crippen LogP contribution in [-0.2, 0) is 21.4 Å². The maximum absolute atomic E-state index is 13.1. The molecule has 206 valence electrons. The van der Waals surface area contributed by atoms with Gasteiger partial charge in [-0.25, -0.2) is 17.5 Å². The van der Waals surface area contributed by atoms with Crippen LogP contribution >= 0.6 is 0 Å². The number of carboxylic acid groups (broad SMARTS) is 1. The third kappa shape index (κ3) is 7.18. The Kier molecular flexibility index (Phi) is 10.0. The molecule has 0 saturated carbocycles. The van der Waals surface area contributed by atoms with E-state index in [4.69, 9.17) is 4.74 Å². The Morgan fingerprint density at radius 3 is 2.39 bits per heavy atom. The smallest absolute Gasteiger partial charge is 0.413 e. The van der Waals surface area contributed by atoms with Crippen molar-refractivity contribution in [2.75, 3.05) is 40.3 Å². The number of carbonyl (C=O) groups is 2. The Labute approximate surface area is 224 Å². The Bertz CT molecular complexity index is 1270. The van der Waals surface area contributed by atoms with E-state index >= 15 is 0 Å². The predicted molar refractivity (Wildman–Crippen MR) is 145 cm³/mol. The van der Waals surface area contributed by atoms with E-state index in [9.17, 15) is 23.1 Å². The van der Waals surface area contributed by atoms with Crippen molar-refractivity contribution in [3.63, 3.8) is 0 Å². The fourth-order valence-corrected chi connectivity index (χ4v) is 6.07. The molecule has 11 heteroatoms. The van der Waals surface area contributed by atoms with Gasteiger partial charge in [-0.1, -0.05) is 24.3 Å². The molecule has 1 heterocycles. The number of amidine groups is 1. The van der Waals surface area contributed by atoms with E-state index < -0.39 is 16.1 Å². The van der Waals surface area contributed by atoms with Gasteiger partial charge in [0.05, 0.1) is 31.6 Å². The first kappa shape index (κ1) is 29.3. The van der Waals surface area contributed by atoms with E-state index in [0.29, 0.717) is 73.0 Å². The van der Waals surface area contributed by atoms with E-state index in [1.165, 1.54) is 9.21 Å². The number of carbonyl (C=O) groups excluding carboxylic acids is 1. The van der Waals surface area contributed by atoms with E-state index in [1.807, 2.05) is 24.3 Å². The number of aliphatic imine (C=N–C) groups is 1. The summed E-state index contributed by atoms with van der Waals surface area (Å²) in [6, 6.07) is 10.9. The molecule has 1 amide bonds. The quantitative estimate of drug-likeness (QED) is 0.371. The van der Waals surface area contributed by atoms with Gasteiger partial charge in [0.1, 0.15) is 17.4 Å². The lowest BCUT2D eigenvalue weighted by Crippen LogP contribution is -2.33. The number of nitrogens with one attached hydrogen (secondary N) is 1. The van der Waals surface area contributed by atoms with Crippen molar-refractivity contribution in [1.29, 1.82) is 0 Å². The highest BCUT2D eigenvalue weighted by molar-refractivity contribution is 7.89. The number of hydrogen-bond donors (Lipinski definition) is 2. The van der Waals surface area contributed by atoms with Crippen molar-refractivity contribution in [3.8, 4) is 5.75 Å². The number of hydrogen-bond acceptors (Lipinski definition) is 7. The summed E-state index contributed by atoms with van der Waals surface area (Å²) < 4.78 is 32.8. The van der Waals surface area contributed by atoms with Crippen molar-refractivity contribution in [1.82, 2.24) is 14.5 Å². The maximum atomic E-state index is 13.1. The van der Waals surface area contributed by atoms with Crippen LogP contribution in [0.2, 0.25) is 0 Å². The van der Waals surface area contributed by atoms with Gasteiger partial charge < -0.3 is 15.2 Å². The molecule has 0 aliphatic carbocycles. The van der Waals surface area contributed by atoms with Gasteiger partial charge in [-0.05, 0) is 55.5 Å². The number of Topliss-reactive ketones (excluding diaryl/α,β-unsaturated/α-hetero) is 1. The predicted octanol–water partition coefficient (Wildman–Crippen LogP) is 3.20. The van der Waals surface area contributed by atoms with Crippen molar-refractivity contribution < 1.29 is 27.9 Å². The number of benzene rings is 2. The molecule has 2 N–H and O–H groups in total. The number of ketones is 1. The molecule has 2 aromatic carbocycles. The lowest BCUT2D eigenvalue weighted by molar-refractivity contribution is -0.118. The second-order valence-electron chi connectivity index (χ2n) is 9.35. The van der Waals surface area contributed by atoms with Crippen LogP contribution in [0.3, 0.4) is 0 Å². The summed E-state index contributed by atoms with van der Waals surface area (Å²) in [6.45, 7) is 5.39. The fourth-order valence-electron chi connectivity index (χ4n) is 4.45. The number of unbranched alkanes of at least 4 members (excludes halogenated alkanes) is 1. The summed E-state index contributed by atoms with van der Waals surface area (Å²) in [5, 5.41) is 12.4. The van der Waals surface area contributed by atoms with Crippen molar-refractivity contribution >= 4 is 27.7 Å². The second-order valence-corrected chi connectivity index (χ2v) is 11.3. The number of sulfonamides is 1. The molecule has 0 spiro atoms. The minimum atomic E-state index is -3.65. The van der Waals surface area contributed by atoms with Gasteiger partial charge in [-0.15, -0.1) is 0 Å². The third-order valence-corrected chi connectivity index (χ3v) is 8.61. The molecule has 0 saturated heterocycles. The number of methoxy groups -OCH3 is 1. The van der Waals surface area contributed by atoms with Crippen LogP contribution in [0, 0.1) is 13.8 Å². The van der Waals surface area contributed by atoms with Crippen LogP contribution in [0.5, 0.6) is 5.75 Å². The van der Waals surface area contributed by atoms with Gasteiger partial charge in [-0.3, -0.25) is 14.7 Å². The van der Waals surface area contributed by atoms with Gasteiger partial charge >= 0.3 is 6.09 Å². The van der Waals surface area contributed by atoms with E-state index in [0.717, 1.165) is 11.1 Å². The summed E-state index contributed by atoms with van der Waals surface area (Å²) in [7, 11) is -0.535. The van der Waals surface area contributed by atoms with Gasteiger partial charge in [-0.2, -0.15) is 0 Å².